The molecule has 0 fully saturated rings. The van der Waals surface area contributed by atoms with Crippen LogP contribution < -0.4 is 0 Å². The minimum atomic E-state index is -2.06. The predicted octanol–water partition coefficient (Wildman–Crippen LogP) is 7.32. The zero-order chi connectivity index (χ0) is 18.7. The van der Waals surface area contributed by atoms with Crippen molar-refractivity contribution in [3.05, 3.63) is 4.91 Å². The van der Waals surface area contributed by atoms with Crippen LogP contribution in [0.2, 0.25) is 33.2 Å². The minimum absolute atomic E-state index is 0.517. The molecule has 0 aromatic rings. The largest absolute Gasteiger partial charge is 0.313 e. The van der Waals surface area contributed by atoms with Crippen LogP contribution >= 0.6 is 0 Å². The van der Waals surface area contributed by atoms with Gasteiger partial charge in [-0.05, 0) is 33.2 Å². The second-order valence-electron chi connectivity index (χ2n) is 9.10. The second kappa shape index (κ2) is 8.28. The first kappa shape index (κ1) is 22.8. The van der Waals surface area contributed by atoms with Crippen LogP contribution in [0.1, 0.15) is 83.1 Å². The number of hydrogen-bond donors (Lipinski definition) is 0. The standard InChI is InChI=1S/C18H42N2OSi2/c1-13(2)22(14(3)4,15(5)6)20(19-21)23(16(7)8,17(9)10)18(11)12/h13-18H,1-12H3. The van der Waals surface area contributed by atoms with E-state index in [1.54, 1.807) is 0 Å². The Bertz CT molecular complexity index is 304. The second-order valence-corrected chi connectivity index (χ2v) is 20.9. The first-order chi connectivity index (χ1) is 10.4. The van der Waals surface area contributed by atoms with Crippen LogP contribution in [0.15, 0.2) is 5.29 Å². The van der Waals surface area contributed by atoms with Crippen molar-refractivity contribution in [1.29, 1.82) is 0 Å². The molecule has 0 atom stereocenters. The summed E-state index contributed by atoms with van der Waals surface area (Å²) in [7, 11) is -4.13. The maximum atomic E-state index is 12.4. The Morgan fingerprint density at radius 1 is 0.522 bits per heavy atom. The lowest BCUT2D eigenvalue weighted by Gasteiger charge is -2.59. The smallest absolute Gasteiger partial charge is 0.179 e. The number of hydrogen-bond acceptors (Lipinski definition) is 2. The van der Waals surface area contributed by atoms with Gasteiger partial charge in [-0.2, -0.15) is 0 Å². The van der Waals surface area contributed by atoms with Crippen LogP contribution in [-0.4, -0.2) is 20.8 Å². The van der Waals surface area contributed by atoms with Crippen LogP contribution in [0.4, 0.5) is 0 Å². The molecule has 0 saturated carbocycles. The van der Waals surface area contributed by atoms with Gasteiger partial charge in [-0.3, -0.25) is 0 Å². The molecule has 0 aliphatic rings. The third-order valence-electron chi connectivity index (χ3n) is 6.36. The van der Waals surface area contributed by atoms with E-state index in [1.807, 2.05) is 0 Å². The summed E-state index contributed by atoms with van der Waals surface area (Å²) in [6, 6.07) is 0. The molecule has 138 valence electrons. The van der Waals surface area contributed by atoms with Gasteiger partial charge >= 0.3 is 0 Å². The zero-order valence-electron chi connectivity index (χ0n) is 17.8. The summed E-state index contributed by atoms with van der Waals surface area (Å²) in [5, 5.41) is 3.87. The highest BCUT2D eigenvalue weighted by molar-refractivity contribution is 6.96. The van der Waals surface area contributed by atoms with Gasteiger partial charge < -0.3 is 4.34 Å². The molecule has 0 rings (SSSR count). The molecule has 0 amide bonds. The van der Waals surface area contributed by atoms with Crippen molar-refractivity contribution < 1.29 is 0 Å². The quantitative estimate of drug-likeness (QED) is 0.246. The Balaban J connectivity index is 6.75. The summed E-state index contributed by atoms with van der Waals surface area (Å²) < 4.78 is 2.29. The minimum Gasteiger partial charge on any atom is -0.313 e. The highest BCUT2D eigenvalue weighted by Crippen LogP contribution is 2.53. The molecule has 0 aliphatic heterocycles. The molecule has 0 bridgehead atoms. The SMILES string of the molecule is CC(C)[Si](C(C)C)(C(C)C)N(N=O)[Si](C(C)C)(C(C)C)C(C)C. The van der Waals surface area contributed by atoms with Gasteiger partial charge in [0.2, 0.25) is 0 Å². The van der Waals surface area contributed by atoms with E-state index in [0.29, 0.717) is 33.2 Å². The zero-order valence-corrected chi connectivity index (χ0v) is 19.8. The van der Waals surface area contributed by atoms with Gasteiger partial charge in [-0.15, -0.1) is 4.91 Å². The molecule has 0 saturated heterocycles. The van der Waals surface area contributed by atoms with Gasteiger partial charge in [-0.1, -0.05) is 83.1 Å². The van der Waals surface area contributed by atoms with Crippen LogP contribution in [0.3, 0.4) is 0 Å². The molecule has 0 spiro atoms. The van der Waals surface area contributed by atoms with Crippen molar-refractivity contribution in [2.75, 3.05) is 0 Å². The van der Waals surface area contributed by atoms with E-state index in [9.17, 15) is 4.91 Å². The van der Waals surface area contributed by atoms with E-state index in [0.717, 1.165) is 0 Å². The summed E-state index contributed by atoms with van der Waals surface area (Å²) in [6.07, 6.45) is 0. The topological polar surface area (TPSA) is 32.7 Å². The highest BCUT2D eigenvalue weighted by atomic mass is 28.4. The number of rotatable bonds is 9. The van der Waals surface area contributed by atoms with Crippen molar-refractivity contribution in [3.8, 4) is 0 Å². The Hall–Kier alpha value is -0.166. The Kier molecular flexibility index (Phi) is 8.22. The molecular formula is C18H42N2OSi2. The molecule has 0 radical (unpaired) electrons. The van der Waals surface area contributed by atoms with Crippen molar-refractivity contribution in [3.63, 3.8) is 0 Å². The van der Waals surface area contributed by atoms with Crippen molar-refractivity contribution >= 4 is 16.5 Å². The van der Waals surface area contributed by atoms with Crippen LogP contribution in [0.5, 0.6) is 0 Å². The van der Waals surface area contributed by atoms with Crippen LogP contribution in [0, 0.1) is 4.91 Å². The lowest BCUT2D eigenvalue weighted by atomic mass is 10.5. The molecule has 0 aromatic carbocycles. The van der Waals surface area contributed by atoms with Gasteiger partial charge in [0, 0.05) is 5.29 Å². The molecule has 0 aromatic heterocycles. The molecular weight excluding hydrogens is 316 g/mol. The Morgan fingerprint density at radius 2 is 0.696 bits per heavy atom. The number of nitrogens with zero attached hydrogens (tertiary/aromatic N) is 2. The molecule has 23 heavy (non-hydrogen) atoms. The third kappa shape index (κ3) is 3.46. The summed E-state index contributed by atoms with van der Waals surface area (Å²) in [5.74, 6) is 0. The number of nitroso groups, excluding NO2 is 1. The fourth-order valence-electron chi connectivity index (χ4n) is 5.94. The predicted molar refractivity (Wildman–Crippen MR) is 110 cm³/mol. The van der Waals surface area contributed by atoms with Crippen molar-refractivity contribution in [2.45, 2.75) is 116 Å². The van der Waals surface area contributed by atoms with Gasteiger partial charge in [-0.25, -0.2) is 0 Å². The monoisotopic (exact) mass is 358 g/mol. The molecule has 3 nitrogen and oxygen atoms in total. The average Bonchev–Trinajstić information content (AvgIpc) is 2.35. The van der Waals surface area contributed by atoms with Gasteiger partial charge in [0.15, 0.2) is 16.5 Å². The van der Waals surface area contributed by atoms with E-state index in [4.69, 9.17) is 0 Å². The highest BCUT2D eigenvalue weighted by Gasteiger charge is 2.60. The lowest BCUT2D eigenvalue weighted by molar-refractivity contribution is 0.517. The van der Waals surface area contributed by atoms with Crippen molar-refractivity contribution in [1.82, 2.24) is 4.34 Å². The van der Waals surface area contributed by atoms with E-state index >= 15 is 0 Å². The van der Waals surface area contributed by atoms with E-state index in [1.165, 1.54) is 0 Å². The lowest BCUT2D eigenvalue weighted by Crippen LogP contribution is -2.71. The van der Waals surface area contributed by atoms with E-state index in [-0.39, 0.29) is 0 Å². The molecule has 0 aliphatic carbocycles. The maximum absolute atomic E-state index is 12.4. The van der Waals surface area contributed by atoms with Crippen LogP contribution in [-0.2, 0) is 0 Å². The van der Waals surface area contributed by atoms with Gasteiger partial charge in [0.05, 0.1) is 0 Å². The summed E-state index contributed by atoms with van der Waals surface area (Å²) in [4.78, 5) is 12.4. The summed E-state index contributed by atoms with van der Waals surface area (Å²) in [5.41, 5.74) is 3.10. The van der Waals surface area contributed by atoms with Crippen molar-refractivity contribution in [2.24, 2.45) is 5.29 Å². The Morgan fingerprint density at radius 3 is 0.783 bits per heavy atom. The fourth-order valence-corrected chi connectivity index (χ4v) is 24.5. The molecule has 0 N–H and O–H groups in total. The van der Waals surface area contributed by atoms with Crippen LogP contribution in [0.25, 0.3) is 0 Å². The average molecular weight is 359 g/mol. The van der Waals surface area contributed by atoms with E-state index < -0.39 is 16.5 Å². The normalized spacial score (nSPS) is 14.0. The molecule has 0 heterocycles. The van der Waals surface area contributed by atoms with Gasteiger partial charge in [0.1, 0.15) is 0 Å². The van der Waals surface area contributed by atoms with E-state index in [2.05, 4.69) is 92.7 Å². The Labute approximate surface area is 147 Å². The maximum Gasteiger partial charge on any atom is 0.179 e. The first-order valence-corrected chi connectivity index (χ1v) is 13.8. The summed E-state index contributed by atoms with van der Waals surface area (Å²) >= 11 is 0. The third-order valence-corrected chi connectivity index (χ3v) is 21.4. The van der Waals surface area contributed by atoms with Gasteiger partial charge in [0.25, 0.3) is 0 Å². The molecule has 5 heteroatoms. The molecule has 0 unspecified atom stereocenters. The fraction of sp³-hybridized carbons (Fsp3) is 1.00. The summed E-state index contributed by atoms with van der Waals surface area (Å²) in [6.45, 7) is 27.9. The first-order valence-electron chi connectivity index (χ1n) is 9.49.